The van der Waals surface area contributed by atoms with Gasteiger partial charge in [-0.1, -0.05) is 17.3 Å². The van der Waals surface area contributed by atoms with Crippen molar-refractivity contribution in [1.29, 1.82) is 5.41 Å². The van der Waals surface area contributed by atoms with Crippen molar-refractivity contribution < 1.29 is 0 Å². The fourth-order valence-electron chi connectivity index (χ4n) is 1.29. The highest BCUT2D eigenvalue weighted by Crippen LogP contribution is 2.23. The average molecular weight is 248 g/mol. The van der Waals surface area contributed by atoms with Crippen molar-refractivity contribution in [2.75, 3.05) is 7.05 Å². The van der Waals surface area contributed by atoms with E-state index >= 15 is 0 Å². The topological polar surface area (TPSA) is 75.1 Å². The Kier molecular flexibility index (Phi) is 4.90. The Morgan fingerprint density at radius 2 is 1.94 bits per heavy atom. The molecular formula is C12H16N4S. The first kappa shape index (κ1) is 13.4. The van der Waals surface area contributed by atoms with Crippen LogP contribution in [0, 0.1) is 5.41 Å². The number of nitrogens with zero attached hydrogens (tertiary/aromatic N) is 2. The molecule has 0 aliphatic heterocycles. The summed E-state index contributed by atoms with van der Waals surface area (Å²) in [6.07, 6.45) is 3.41. The largest absolute Gasteiger partial charge is 0.383 e. The van der Waals surface area contributed by atoms with E-state index in [1.165, 1.54) is 11.8 Å². The van der Waals surface area contributed by atoms with Crippen molar-refractivity contribution in [2.45, 2.75) is 18.7 Å². The van der Waals surface area contributed by atoms with E-state index in [2.05, 4.69) is 9.98 Å². The fraction of sp³-hybridized carbons (Fsp3) is 0.250. The minimum atomic E-state index is 0.400. The third-order valence-electron chi connectivity index (χ3n) is 2.09. The number of rotatable bonds is 3. The van der Waals surface area contributed by atoms with Crippen LogP contribution in [-0.4, -0.2) is 22.9 Å². The molecule has 0 unspecified atom stereocenters. The van der Waals surface area contributed by atoms with E-state index in [1.54, 1.807) is 19.4 Å². The first-order valence-corrected chi connectivity index (χ1v) is 5.94. The predicted molar refractivity (Wildman–Crippen MR) is 73.7 cm³/mol. The Labute approximate surface area is 106 Å². The number of allylic oxidation sites excluding steroid dienone is 1. The molecule has 0 spiro atoms. The second-order valence-corrected chi connectivity index (χ2v) is 4.68. The van der Waals surface area contributed by atoms with Gasteiger partial charge in [0.25, 0.3) is 0 Å². The summed E-state index contributed by atoms with van der Waals surface area (Å²) < 4.78 is 0. The Balaban J connectivity index is 2.93. The number of hydrogen-bond donors (Lipinski definition) is 2. The molecule has 0 bridgehead atoms. The van der Waals surface area contributed by atoms with Crippen molar-refractivity contribution >= 4 is 22.6 Å². The highest BCUT2D eigenvalue weighted by molar-refractivity contribution is 8.14. The Morgan fingerprint density at radius 1 is 1.35 bits per heavy atom. The van der Waals surface area contributed by atoms with Crippen molar-refractivity contribution in [3.05, 3.63) is 35.7 Å². The van der Waals surface area contributed by atoms with E-state index in [9.17, 15) is 0 Å². The monoisotopic (exact) mass is 248 g/mol. The van der Waals surface area contributed by atoms with Gasteiger partial charge in [0.05, 0.1) is 0 Å². The summed E-state index contributed by atoms with van der Waals surface area (Å²) >= 11 is 1.35. The van der Waals surface area contributed by atoms with Crippen molar-refractivity contribution in [3.63, 3.8) is 0 Å². The Morgan fingerprint density at radius 3 is 2.41 bits per heavy atom. The minimum Gasteiger partial charge on any atom is -0.383 e. The smallest absolute Gasteiger partial charge is 0.128 e. The van der Waals surface area contributed by atoms with Gasteiger partial charge in [0.15, 0.2) is 0 Å². The lowest BCUT2D eigenvalue weighted by atomic mass is 10.1. The first-order valence-electron chi connectivity index (χ1n) is 5.13. The summed E-state index contributed by atoms with van der Waals surface area (Å²) in [5.74, 6) is 0.400. The third-order valence-corrected chi connectivity index (χ3v) is 3.01. The molecule has 90 valence electrons. The maximum absolute atomic E-state index is 8.07. The van der Waals surface area contributed by atoms with Crippen LogP contribution >= 0.6 is 11.8 Å². The van der Waals surface area contributed by atoms with E-state index < -0.39 is 0 Å². The van der Waals surface area contributed by atoms with E-state index in [0.29, 0.717) is 16.5 Å². The second kappa shape index (κ2) is 6.20. The van der Waals surface area contributed by atoms with Crippen molar-refractivity contribution in [1.82, 2.24) is 4.98 Å². The van der Waals surface area contributed by atoms with E-state index in [1.807, 2.05) is 26.0 Å². The molecule has 0 aliphatic rings. The number of hydrogen-bond acceptors (Lipinski definition) is 4. The lowest BCUT2D eigenvalue weighted by Gasteiger charge is -2.10. The minimum absolute atomic E-state index is 0.400. The molecule has 1 heterocycles. The molecule has 0 saturated heterocycles. The Bertz CT molecular complexity index is 459. The Hall–Kier alpha value is -1.62. The van der Waals surface area contributed by atoms with Crippen LogP contribution in [0.4, 0.5) is 0 Å². The van der Waals surface area contributed by atoms with E-state index in [4.69, 9.17) is 11.1 Å². The zero-order valence-electron chi connectivity index (χ0n) is 10.2. The van der Waals surface area contributed by atoms with Gasteiger partial charge in [-0.3, -0.25) is 15.4 Å². The summed E-state index contributed by atoms with van der Waals surface area (Å²) in [7, 11) is 1.63. The summed E-state index contributed by atoms with van der Waals surface area (Å²) in [5, 5.41) is 8.47. The lowest BCUT2D eigenvalue weighted by molar-refractivity contribution is 1.27. The molecule has 5 heteroatoms. The van der Waals surface area contributed by atoms with Crippen molar-refractivity contribution in [3.8, 4) is 0 Å². The number of nitrogens with one attached hydrogen (secondary N) is 1. The fourth-order valence-corrected chi connectivity index (χ4v) is 2.19. The number of pyridine rings is 1. The standard InChI is InChI=1S/C12H16N4S/c1-8(2)10(11(13)15-3)12(14)17-9-4-6-16-7-5-9/h4-7,14H,1-3H3,(H2,13,15). The van der Waals surface area contributed by atoms with Gasteiger partial charge in [0.2, 0.25) is 0 Å². The molecule has 0 amide bonds. The molecule has 1 rings (SSSR count). The van der Waals surface area contributed by atoms with Gasteiger partial charge in [-0.15, -0.1) is 0 Å². The average Bonchev–Trinajstić information content (AvgIpc) is 2.29. The van der Waals surface area contributed by atoms with E-state index in [0.717, 1.165) is 10.5 Å². The van der Waals surface area contributed by atoms with Crippen LogP contribution in [-0.2, 0) is 0 Å². The number of nitrogens with two attached hydrogens (primary N) is 1. The van der Waals surface area contributed by atoms with Crippen LogP contribution in [0.25, 0.3) is 0 Å². The lowest BCUT2D eigenvalue weighted by Crippen LogP contribution is -2.20. The molecule has 1 aromatic rings. The molecule has 17 heavy (non-hydrogen) atoms. The molecule has 0 saturated carbocycles. The predicted octanol–water partition coefficient (Wildman–Crippen LogP) is 2.47. The quantitative estimate of drug-likeness (QED) is 0.490. The van der Waals surface area contributed by atoms with Gasteiger partial charge in [-0.2, -0.15) is 0 Å². The number of thioether (sulfide) groups is 1. The van der Waals surface area contributed by atoms with Gasteiger partial charge in [0.1, 0.15) is 10.9 Å². The molecule has 0 radical (unpaired) electrons. The van der Waals surface area contributed by atoms with Gasteiger partial charge in [0, 0.05) is 29.9 Å². The molecule has 0 atom stereocenters. The van der Waals surface area contributed by atoms with Crippen molar-refractivity contribution in [2.24, 2.45) is 10.7 Å². The normalized spacial score (nSPS) is 11.1. The van der Waals surface area contributed by atoms with Gasteiger partial charge in [-0.05, 0) is 26.0 Å². The summed E-state index contributed by atoms with van der Waals surface area (Å²) in [6.45, 7) is 3.85. The van der Waals surface area contributed by atoms with Gasteiger partial charge >= 0.3 is 0 Å². The molecule has 0 aromatic carbocycles. The maximum atomic E-state index is 8.07. The molecule has 0 fully saturated rings. The molecule has 3 N–H and O–H groups in total. The van der Waals surface area contributed by atoms with E-state index in [-0.39, 0.29) is 0 Å². The van der Waals surface area contributed by atoms with Crippen LogP contribution in [0.15, 0.2) is 45.6 Å². The zero-order chi connectivity index (χ0) is 12.8. The molecule has 0 aliphatic carbocycles. The van der Waals surface area contributed by atoms with Crippen LogP contribution in [0.5, 0.6) is 0 Å². The first-order chi connectivity index (χ1) is 8.06. The van der Waals surface area contributed by atoms with Crippen LogP contribution in [0.2, 0.25) is 0 Å². The number of aromatic nitrogens is 1. The number of amidine groups is 1. The highest BCUT2D eigenvalue weighted by Gasteiger charge is 2.12. The van der Waals surface area contributed by atoms with Crippen LogP contribution in [0.1, 0.15) is 13.8 Å². The van der Waals surface area contributed by atoms with Crippen LogP contribution < -0.4 is 5.73 Å². The second-order valence-electron chi connectivity index (χ2n) is 3.60. The number of aliphatic imine (C=N–C) groups is 1. The summed E-state index contributed by atoms with van der Waals surface area (Å²) in [6, 6.07) is 3.72. The highest BCUT2D eigenvalue weighted by atomic mass is 32.2. The molecule has 4 nitrogen and oxygen atoms in total. The zero-order valence-corrected chi connectivity index (χ0v) is 11.0. The molecular weight excluding hydrogens is 232 g/mol. The van der Waals surface area contributed by atoms with Gasteiger partial charge < -0.3 is 5.73 Å². The third kappa shape index (κ3) is 3.71. The summed E-state index contributed by atoms with van der Waals surface area (Å²) in [4.78, 5) is 8.85. The molecule has 1 aromatic heterocycles. The maximum Gasteiger partial charge on any atom is 0.128 e. The summed E-state index contributed by atoms with van der Waals surface area (Å²) in [5.41, 5.74) is 7.49. The van der Waals surface area contributed by atoms with Gasteiger partial charge in [-0.25, -0.2) is 0 Å². The van der Waals surface area contributed by atoms with Crippen LogP contribution in [0.3, 0.4) is 0 Å². The SMILES string of the molecule is CN=C(N)C(C(=N)Sc1ccncc1)=C(C)C.